The van der Waals surface area contributed by atoms with Gasteiger partial charge in [0.05, 0.1) is 5.69 Å². The molecule has 0 spiro atoms. The quantitative estimate of drug-likeness (QED) is 0.797. The van der Waals surface area contributed by atoms with Crippen molar-refractivity contribution in [2.45, 2.75) is 13.5 Å². The summed E-state index contributed by atoms with van der Waals surface area (Å²) in [7, 11) is 3.10. The van der Waals surface area contributed by atoms with E-state index in [1.165, 1.54) is 11.6 Å². The molecule has 0 radical (unpaired) electrons. The van der Waals surface area contributed by atoms with Gasteiger partial charge in [-0.3, -0.25) is 13.9 Å². The van der Waals surface area contributed by atoms with Crippen molar-refractivity contribution in [2.75, 3.05) is 5.32 Å². The number of aryl methyl sites for hydroxylation is 2. The number of nitrogens with one attached hydrogen (secondary N) is 1. The third-order valence-electron chi connectivity index (χ3n) is 3.97. The van der Waals surface area contributed by atoms with E-state index in [0.717, 1.165) is 21.4 Å². The Labute approximate surface area is 133 Å². The van der Waals surface area contributed by atoms with Gasteiger partial charge >= 0.3 is 5.69 Å². The van der Waals surface area contributed by atoms with Crippen LogP contribution in [0.1, 0.15) is 11.1 Å². The van der Waals surface area contributed by atoms with Crippen molar-refractivity contribution in [3.8, 4) is 0 Å². The Bertz CT molecular complexity index is 987. The van der Waals surface area contributed by atoms with Crippen molar-refractivity contribution < 1.29 is 0 Å². The summed E-state index contributed by atoms with van der Waals surface area (Å²) in [4.78, 5) is 28.9. The zero-order valence-corrected chi connectivity index (χ0v) is 13.3. The van der Waals surface area contributed by atoms with Gasteiger partial charge < -0.3 is 5.32 Å². The molecule has 0 aliphatic rings. The Kier molecular flexibility index (Phi) is 3.73. The van der Waals surface area contributed by atoms with Crippen LogP contribution in [-0.2, 0) is 20.6 Å². The number of nitrogens with zero attached hydrogens (tertiary/aromatic N) is 3. The largest absolute Gasteiger partial charge is 0.380 e. The lowest BCUT2D eigenvalue weighted by atomic mass is 10.1. The van der Waals surface area contributed by atoms with Crippen LogP contribution in [0, 0.1) is 6.92 Å². The normalized spacial score (nSPS) is 10.9. The first-order chi connectivity index (χ1) is 11.0. The Morgan fingerprint density at radius 2 is 1.78 bits per heavy atom. The van der Waals surface area contributed by atoms with Gasteiger partial charge in [-0.2, -0.15) is 0 Å². The van der Waals surface area contributed by atoms with E-state index < -0.39 is 0 Å². The molecule has 118 valence electrons. The van der Waals surface area contributed by atoms with Crippen LogP contribution in [0.15, 0.2) is 46.1 Å². The van der Waals surface area contributed by atoms with E-state index >= 15 is 0 Å². The second-order valence-electron chi connectivity index (χ2n) is 5.56. The number of pyridine rings is 1. The molecule has 3 aromatic rings. The lowest BCUT2D eigenvalue weighted by molar-refractivity contribution is 0.707. The van der Waals surface area contributed by atoms with E-state index in [1.54, 1.807) is 13.2 Å². The number of fused-ring (bicyclic) bond motifs is 1. The highest BCUT2D eigenvalue weighted by Gasteiger charge is 2.15. The number of hydrogen-bond donors (Lipinski definition) is 1. The van der Waals surface area contributed by atoms with Gasteiger partial charge in [-0.1, -0.05) is 30.3 Å². The molecule has 1 N–H and O–H groups in total. The number of anilines is 1. The highest BCUT2D eigenvalue weighted by Crippen LogP contribution is 2.22. The molecule has 2 aromatic heterocycles. The van der Waals surface area contributed by atoms with Gasteiger partial charge in [-0.05, 0) is 18.1 Å². The average Bonchev–Trinajstić information content (AvgIpc) is 2.57. The van der Waals surface area contributed by atoms with Gasteiger partial charge in [0.25, 0.3) is 5.56 Å². The maximum atomic E-state index is 12.6. The average molecular weight is 310 g/mol. The van der Waals surface area contributed by atoms with Crippen molar-refractivity contribution in [3.63, 3.8) is 0 Å². The van der Waals surface area contributed by atoms with Crippen LogP contribution in [-0.4, -0.2) is 14.1 Å². The fourth-order valence-corrected chi connectivity index (χ4v) is 2.64. The smallest absolute Gasteiger partial charge is 0.332 e. The molecule has 6 heteroatoms. The molecule has 2 heterocycles. The molecule has 3 rings (SSSR count). The molecule has 0 aliphatic carbocycles. The van der Waals surface area contributed by atoms with Gasteiger partial charge in [0.2, 0.25) is 0 Å². The molecule has 6 nitrogen and oxygen atoms in total. The first-order valence-electron chi connectivity index (χ1n) is 7.34. The summed E-state index contributed by atoms with van der Waals surface area (Å²) in [6, 6.07) is 9.93. The third kappa shape index (κ3) is 2.52. The van der Waals surface area contributed by atoms with Gasteiger partial charge in [-0.15, -0.1) is 0 Å². The van der Waals surface area contributed by atoms with Crippen LogP contribution in [0.5, 0.6) is 0 Å². The summed E-state index contributed by atoms with van der Waals surface area (Å²) in [5.41, 5.74) is 2.36. The van der Waals surface area contributed by atoms with E-state index in [0.29, 0.717) is 17.6 Å². The summed E-state index contributed by atoms with van der Waals surface area (Å²) < 4.78 is 2.50. The third-order valence-corrected chi connectivity index (χ3v) is 3.97. The molecule has 23 heavy (non-hydrogen) atoms. The first kappa shape index (κ1) is 15.0. The molecule has 0 aliphatic heterocycles. The van der Waals surface area contributed by atoms with Crippen molar-refractivity contribution in [2.24, 2.45) is 14.1 Å². The van der Waals surface area contributed by atoms with E-state index in [4.69, 9.17) is 0 Å². The van der Waals surface area contributed by atoms with Gasteiger partial charge in [0.15, 0.2) is 5.65 Å². The SMILES string of the molecule is Cc1cnc2c(c1NCc1ccccc1)c(=O)n(C)c(=O)n2C. The Morgan fingerprint density at radius 1 is 1.09 bits per heavy atom. The maximum absolute atomic E-state index is 12.6. The molecule has 0 unspecified atom stereocenters. The number of benzene rings is 1. The number of hydrogen-bond acceptors (Lipinski definition) is 4. The van der Waals surface area contributed by atoms with Crippen LogP contribution in [0.4, 0.5) is 5.69 Å². The predicted molar refractivity (Wildman–Crippen MR) is 90.7 cm³/mol. The fourth-order valence-electron chi connectivity index (χ4n) is 2.64. The second kappa shape index (κ2) is 5.72. The van der Waals surface area contributed by atoms with Gasteiger partial charge in [0.1, 0.15) is 5.39 Å². The maximum Gasteiger partial charge on any atom is 0.332 e. The highest BCUT2D eigenvalue weighted by molar-refractivity contribution is 5.89. The highest BCUT2D eigenvalue weighted by atomic mass is 16.2. The van der Waals surface area contributed by atoms with E-state index in [1.807, 2.05) is 37.3 Å². The summed E-state index contributed by atoms with van der Waals surface area (Å²) in [5, 5.41) is 3.75. The van der Waals surface area contributed by atoms with Gasteiger partial charge in [0, 0.05) is 26.8 Å². The minimum absolute atomic E-state index is 0.338. The van der Waals surface area contributed by atoms with Crippen molar-refractivity contribution in [1.29, 1.82) is 0 Å². The van der Waals surface area contributed by atoms with Crippen LogP contribution in [0.3, 0.4) is 0 Å². The second-order valence-corrected chi connectivity index (χ2v) is 5.56. The molecule has 0 bridgehead atoms. The fraction of sp³-hybridized carbons (Fsp3) is 0.235. The topological polar surface area (TPSA) is 68.9 Å². The lowest BCUT2D eigenvalue weighted by Crippen LogP contribution is -2.37. The van der Waals surface area contributed by atoms with Crippen molar-refractivity contribution >= 4 is 16.7 Å². The summed E-state index contributed by atoms with van der Waals surface area (Å²) in [6.07, 6.45) is 1.68. The summed E-state index contributed by atoms with van der Waals surface area (Å²) in [6.45, 7) is 2.48. The van der Waals surface area contributed by atoms with Crippen LogP contribution >= 0.6 is 0 Å². The first-order valence-corrected chi connectivity index (χ1v) is 7.34. The molecular formula is C17H18N4O2. The van der Waals surface area contributed by atoms with Crippen LogP contribution in [0.25, 0.3) is 11.0 Å². The Balaban J connectivity index is 2.18. The zero-order chi connectivity index (χ0) is 16.6. The summed E-state index contributed by atoms with van der Waals surface area (Å²) >= 11 is 0. The van der Waals surface area contributed by atoms with Crippen LogP contribution in [0.2, 0.25) is 0 Å². The molecule has 1 aromatic carbocycles. The molecule has 0 saturated carbocycles. The minimum atomic E-state index is -0.382. The van der Waals surface area contributed by atoms with E-state index in [2.05, 4.69) is 10.3 Å². The van der Waals surface area contributed by atoms with Crippen molar-refractivity contribution in [3.05, 3.63) is 68.5 Å². The monoisotopic (exact) mass is 310 g/mol. The van der Waals surface area contributed by atoms with Crippen LogP contribution < -0.4 is 16.6 Å². The minimum Gasteiger partial charge on any atom is -0.380 e. The lowest BCUT2D eigenvalue weighted by Gasteiger charge is -2.14. The summed E-state index contributed by atoms with van der Waals surface area (Å²) in [5.74, 6) is 0. The standard InChI is InChI=1S/C17H18N4O2/c1-11-9-19-15-13(16(22)21(3)17(23)20(15)2)14(11)18-10-12-7-5-4-6-8-12/h4-9H,10H2,1-3H3,(H,18,19). The molecular weight excluding hydrogens is 292 g/mol. The van der Waals surface area contributed by atoms with Crippen molar-refractivity contribution in [1.82, 2.24) is 14.1 Å². The zero-order valence-electron chi connectivity index (χ0n) is 13.3. The van der Waals surface area contributed by atoms with E-state index in [-0.39, 0.29) is 11.2 Å². The molecule has 0 fully saturated rings. The predicted octanol–water partition coefficient (Wildman–Crippen LogP) is 1.55. The molecule has 0 saturated heterocycles. The molecule has 0 atom stereocenters. The Morgan fingerprint density at radius 3 is 2.48 bits per heavy atom. The van der Waals surface area contributed by atoms with E-state index in [9.17, 15) is 9.59 Å². The number of rotatable bonds is 3. The molecule has 0 amide bonds. The number of aromatic nitrogens is 3. The Hall–Kier alpha value is -2.89. The van der Waals surface area contributed by atoms with Gasteiger partial charge in [-0.25, -0.2) is 9.78 Å².